The molecular formula is C12H12BrN3S. The number of nitrogens with one attached hydrogen (secondary N) is 1. The van der Waals surface area contributed by atoms with E-state index in [-0.39, 0.29) is 0 Å². The van der Waals surface area contributed by atoms with Crippen LogP contribution in [-0.2, 0) is 6.42 Å². The highest BCUT2D eigenvalue weighted by Crippen LogP contribution is 2.33. The SMILES string of the molecule is Brc1nnc(NC2CCCc3ccccc32)s1. The predicted octanol–water partition coefficient (Wildman–Crippen LogP) is 3.79. The maximum atomic E-state index is 4.09. The smallest absolute Gasteiger partial charge is 0.206 e. The average molecular weight is 310 g/mol. The van der Waals surface area contributed by atoms with Crippen LogP contribution in [0.1, 0.15) is 30.0 Å². The molecule has 0 saturated carbocycles. The van der Waals surface area contributed by atoms with Crippen LogP contribution >= 0.6 is 27.3 Å². The molecule has 1 unspecified atom stereocenters. The molecule has 88 valence electrons. The second-order valence-electron chi connectivity index (χ2n) is 4.15. The molecule has 0 spiro atoms. The minimum Gasteiger partial charge on any atom is -0.353 e. The molecule has 1 N–H and O–H groups in total. The molecule has 2 aromatic rings. The Balaban J connectivity index is 1.85. The summed E-state index contributed by atoms with van der Waals surface area (Å²) >= 11 is 4.87. The standard InChI is InChI=1S/C12H12BrN3S/c13-11-15-16-12(17-11)14-10-7-3-5-8-4-1-2-6-9(8)10/h1-2,4,6,10H,3,5,7H2,(H,14,16). The molecule has 0 amide bonds. The minimum absolute atomic E-state index is 0.375. The van der Waals surface area contributed by atoms with Gasteiger partial charge in [-0.2, -0.15) is 0 Å². The second-order valence-corrected chi connectivity index (χ2v) is 6.40. The highest BCUT2D eigenvalue weighted by atomic mass is 79.9. The van der Waals surface area contributed by atoms with Crippen LogP contribution in [0.2, 0.25) is 0 Å². The summed E-state index contributed by atoms with van der Waals surface area (Å²) in [6.07, 6.45) is 3.58. The summed E-state index contributed by atoms with van der Waals surface area (Å²) in [4.78, 5) is 0. The number of fused-ring (bicyclic) bond motifs is 1. The van der Waals surface area contributed by atoms with Crippen LogP contribution in [0.25, 0.3) is 0 Å². The zero-order valence-corrected chi connectivity index (χ0v) is 11.6. The summed E-state index contributed by atoms with van der Waals surface area (Å²) in [5, 5.41) is 12.4. The van der Waals surface area contributed by atoms with Crippen molar-refractivity contribution in [3.63, 3.8) is 0 Å². The molecule has 0 aliphatic heterocycles. The van der Waals surface area contributed by atoms with E-state index in [4.69, 9.17) is 0 Å². The van der Waals surface area contributed by atoms with Gasteiger partial charge in [-0.15, -0.1) is 10.2 Å². The van der Waals surface area contributed by atoms with Gasteiger partial charge in [-0.25, -0.2) is 0 Å². The van der Waals surface area contributed by atoms with Gasteiger partial charge in [-0.3, -0.25) is 0 Å². The van der Waals surface area contributed by atoms with Crippen LogP contribution in [0, 0.1) is 0 Å². The van der Waals surface area contributed by atoms with Gasteiger partial charge in [0.2, 0.25) is 5.13 Å². The summed E-state index contributed by atoms with van der Waals surface area (Å²) in [5.74, 6) is 0. The molecule has 1 aromatic carbocycles. The Morgan fingerprint density at radius 1 is 1.29 bits per heavy atom. The minimum atomic E-state index is 0.375. The quantitative estimate of drug-likeness (QED) is 0.917. The second kappa shape index (κ2) is 4.74. The number of nitrogens with zero attached hydrogens (tertiary/aromatic N) is 2. The van der Waals surface area contributed by atoms with Crippen molar-refractivity contribution >= 4 is 32.4 Å². The molecule has 1 aromatic heterocycles. The van der Waals surface area contributed by atoms with Crippen molar-refractivity contribution in [2.45, 2.75) is 25.3 Å². The molecule has 3 rings (SSSR count). The molecule has 17 heavy (non-hydrogen) atoms. The Bertz CT molecular complexity index is 526. The first-order valence-electron chi connectivity index (χ1n) is 5.66. The molecule has 3 nitrogen and oxygen atoms in total. The third-order valence-electron chi connectivity index (χ3n) is 3.07. The van der Waals surface area contributed by atoms with Gasteiger partial charge >= 0.3 is 0 Å². The van der Waals surface area contributed by atoms with Crippen molar-refractivity contribution in [3.8, 4) is 0 Å². The van der Waals surface area contributed by atoms with Crippen molar-refractivity contribution in [1.82, 2.24) is 10.2 Å². The summed E-state index contributed by atoms with van der Waals surface area (Å²) in [5.41, 5.74) is 2.87. The zero-order chi connectivity index (χ0) is 11.7. The third kappa shape index (κ3) is 2.35. The van der Waals surface area contributed by atoms with Gasteiger partial charge in [-0.05, 0) is 46.3 Å². The number of rotatable bonds is 2. The van der Waals surface area contributed by atoms with E-state index in [0.717, 1.165) is 15.5 Å². The molecule has 5 heteroatoms. The fraction of sp³-hybridized carbons (Fsp3) is 0.333. The van der Waals surface area contributed by atoms with Crippen LogP contribution < -0.4 is 5.32 Å². The molecule has 0 bridgehead atoms. The van der Waals surface area contributed by atoms with Crippen molar-refractivity contribution in [1.29, 1.82) is 0 Å². The Morgan fingerprint density at radius 3 is 3.00 bits per heavy atom. The fourth-order valence-electron chi connectivity index (χ4n) is 2.32. The van der Waals surface area contributed by atoms with Crippen LogP contribution in [0.15, 0.2) is 28.2 Å². The number of aryl methyl sites for hydroxylation is 1. The lowest BCUT2D eigenvalue weighted by Crippen LogP contribution is -2.17. The molecule has 0 radical (unpaired) electrons. The van der Waals surface area contributed by atoms with E-state index in [2.05, 4.69) is 55.7 Å². The summed E-state index contributed by atoms with van der Waals surface area (Å²) in [7, 11) is 0. The van der Waals surface area contributed by atoms with Gasteiger partial charge in [0.15, 0.2) is 3.92 Å². The maximum Gasteiger partial charge on any atom is 0.206 e. The normalized spacial score (nSPS) is 18.8. The van der Waals surface area contributed by atoms with E-state index in [1.807, 2.05) is 0 Å². The Kier molecular flexibility index (Phi) is 3.11. The molecule has 1 atom stereocenters. The van der Waals surface area contributed by atoms with Crippen molar-refractivity contribution in [2.24, 2.45) is 0 Å². The molecular weight excluding hydrogens is 298 g/mol. The van der Waals surface area contributed by atoms with Crippen molar-refractivity contribution in [2.75, 3.05) is 5.32 Å². The van der Waals surface area contributed by atoms with Crippen molar-refractivity contribution in [3.05, 3.63) is 39.3 Å². The maximum absolute atomic E-state index is 4.09. The first-order chi connectivity index (χ1) is 8.33. The average Bonchev–Trinajstić information content (AvgIpc) is 2.75. The monoisotopic (exact) mass is 309 g/mol. The van der Waals surface area contributed by atoms with E-state index >= 15 is 0 Å². The van der Waals surface area contributed by atoms with Gasteiger partial charge < -0.3 is 5.32 Å². The van der Waals surface area contributed by atoms with E-state index in [0.29, 0.717) is 6.04 Å². The van der Waals surface area contributed by atoms with Gasteiger partial charge in [0.05, 0.1) is 6.04 Å². The number of hydrogen-bond donors (Lipinski definition) is 1. The third-order valence-corrected chi connectivity index (χ3v) is 4.35. The van der Waals surface area contributed by atoms with E-state index < -0.39 is 0 Å². The number of hydrogen-bond acceptors (Lipinski definition) is 4. The summed E-state index contributed by atoms with van der Waals surface area (Å²) in [6, 6.07) is 9.03. The van der Waals surface area contributed by atoms with E-state index in [1.54, 1.807) is 0 Å². The van der Waals surface area contributed by atoms with Crippen LogP contribution in [0.3, 0.4) is 0 Å². The number of aromatic nitrogens is 2. The van der Waals surface area contributed by atoms with Crippen LogP contribution in [0.5, 0.6) is 0 Å². The first-order valence-corrected chi connectivity index (χ1v) is 7.27. The fourth-order valence-corrected chi connectivity index (χ4v) is 3.38. The molecule has 1 aliphatic rings. The number of anilines is 1. The molecule has 0 fully saturated rings. The Morgan fingerprint density at radius 2 is 2.18 bits per heavy atom. The lowest BCUT2D eigenvalue weighted by Gasteiger charge is -2.25. The summed E-state index contributed by atoms with van der Waals surface area (Å²) in [6.45, 7) is 0. The lowest BCUT2D eigenvalue weighted by atomic mass is 9.88. The van der Waals surface area contributed by atoms with Crippen LogP contribution in [0.4, 0.5) is 5.13 Å². The van der Waals surface area contributed by atoms with Crippen molar-refractivity contribution < 1.29 is 0 Å². The van der Waals surface area contributed by atoms with E-state index in [1.165, 1.54) is 35.3 Å². The van der Waals surface area contributed by atoms with Gasteiger partial charge in [-0.1, -0.05) is 35.6 Å². The molecule has 1 heterocycles. The zero-order valence-electron chi connectivity index (χ0n) is 9.19. The molecule has 0 saturated heterocycles. The topological polar surface area (TPSA) is 37.8 Å². The predicted molar refractivity (Wildman–Crippen MR) is 73.4 cm³/mol. The van der Waals surface area contributed by atoms with Gasteiger partial charge in [0, 0.05) is 0 Å². The number of halogens is 1. The Labute approximate surface area is 112 Å². The first kappa shape index (κ1) is 11.2. The largest absolute Gasteiger partial charge is 0.353 e. The lowest BCUT2D eigenvalue weighted by molar-refractivity contribution is 0.599. The Hall–Kier alpha value is -0.940. The van der Waals surface area contributed by atoms with E-state index in [9.17, 15) is 0 Å². The highest BCUT2D eigenvalue weighted by molar-refractivity contribution is 9.11. The highest BCUT2D eigenvalue weighted by Gasteiger charge is 2.20. The molecule has 1 aliphatic carbocycles. The number of benzene rings is 1. The van der Waals surface area contributed by atoms with Crippen LogP contribution in [-0.4, -0.2) is 10.2 Å². The van der Waals surface area contributed by atoms with Gasteiger partial charge in [0.25, 0.3) is 0 Å². The van der Waals surface area contributed by atoms with Gasteiger partial charge in [0.1, 0.15) is 0 Å². The summed E-state index contributed by atoms with van der Waals surface area (Å²) < 4.78 is 0.823.